The Labute approximate surface area is 108 Å². The molecule has 0 saturated heterocycles. The van der Waals surface area contributed by atoms with Gasteiger partial charge in [-0.05, 0) is 23.8 Å². The Morgan fingerprint density at radius 2 is 2.18 bits per heavy atom. The highest BCUT2D eigenvalue weighted by atomic mass is 35.5. The highest BCUT2D eigenvalue weighted by Gasteiger charge is 2.19. The molecule has 3 N–H and O–H groups in total. The lowest BCUT2D eigenvalue weighted by atomic mass is 10.0. The van der Waals surface area contributed by atoms with Gasteiger partial charge in [0.1, 0.15) is 0 Å². The molecule has 2 aromatic rings. The molecule has 0 fully saturated rings. The van der Waals surface area contributed by atoms with Crippen molar-refractivity contribution in [2.24, 2.45) is 12.9 Å². The van der Waals surface area contributed by atoms with Crippen LogP contribution in [0.4, 0.5) is 0 Å². The molecule has 0 bridgehead atoms. The van der Waals surface area contributed by atoms with Crippen molar-refractivity contribution in [2.75, 3.05) is 0 Å². The zero-order valence-corrected chi connectivity index (χ0v) is 10.6. The predicted molar refractivity (Wildman–Crippen MR) is 66.6 cm³/mol. The summed E-state index contributed by atoms with van der Waals surface area (Å²) in [6.45, 7) is 0. The van der Waals surface area contributed by atoms with Crippen LogP contribution in [0.15, 0.2) is 24.4 Å². The van der Waals surface area contributed by atoms with Gasteiger partial charge in [-0.2, -0.15) is 0 Å². The lowest BCUT2D eigenvalue weighted by Gasteiger charge is -2.17. The fourth-order valence-corrected chi connectivity index (χ4v) is 2.04. The zero-order valence-electron chi connectivity index (χ0n) is 9.06. The zero-order chi connectivity index (χ0) is 12.4. The Morgan fingerprint density at radius 3 is 2.76 bits per heavy atom. The van der Waals surface area contributed by atoms with E-state index in [0.29, 0.717) is 10.0 Å². The quantitative estimate of drug-likeness (QED) is 0.658. The highest BCUT2D eigenvalue weighted by molar-refractivity contribution is 6.33. The number of hydrogen-bond donors (Lipinski definition) is 2. The summed E-state index contributed by atoms with van der Waals surface area (Å²) < 4.78 is 1.63. The van der Waals surface area contributed by atoms with Crippen molar-refractivity contribution in [3.8, 4) is 0 Å². The molecule has 1 aromatic heterocycles. The van der Waals surface area contributed by atoms with Crippen molar-refractivity contribution in [1.82, 2.24) is 20.4 Å². The van der Waals surface area contributed by atoms with Gasteiger partial charge >= 0.3 is 0 Å². The van der Waals surface area contributed by atoms with E-state index in [1.54, 1.807) is 36.1 Å². The van der Waals surface area contributed by atoms with Gasteiger partial charge in [0.2, 0.25) is 0 Å². The average molecular weight is 272 g/mol. The van der Waals surface area contributed by atoms with Crippen LogP contribution in [0.5, 0.6) is 0 Å². The number of halogens is 2. The van der Waals surface area contributed by atoms with Crippen LogP contribution in [0.1, 0.15) is 17.3 Å². The molecule has 0 aliphatic heterocycles. The molecule has 0 saturated carbocycles. The second kappa shape index (κ2) is 5.01. The lowest BCUT2D eigenvalue weighted by Crippen LogP contribution is -2.30. The van der Waals surface area contributed by atoms with E-state index >= 15 is 0 Å². The molecule has 0 aliphatic carbocycles. The second-order valence-electron chi connectivity index (χ2n) is 3.55. The number of hydrazine groups is 1. The molecular formula is C10H11Cl2N5. The number of hydrogen-bond acceptors (Lipinski definition) is 4. The summed E-state index contributed by atoms with van der Waals surface area (Å²) in [5, 5.41) is 8.85. The molecular weight excluding hydrogens is 261 g/mol. The SMILES string of the molecule is Cn1nncc1C(NN)c1cc(Cl)ccc1Cl. The van der Waals surface area contributed by atoms with Crippen LogP contribution in [0.3, 0.4) is 0 Å². The third kappa shape index (κ3) is 2.42. The van der Waals surface area contributed by atoms with Crippen molar-refractivity contribution in [1.29, 1.82) is 0 Å². The van der Waals surface area contributed by atoms with E-state index in [1.165, 1.54) is 0 Å². The van der Waals surface area contributed by atoms with Gasteiger partial charge in [-0.25, -0.2) is 5.43 Å². The first-order chi connectivity index (χ1) is 8.13. The van der Waals surface area contributed by atoms with E-state index in [-0.39, 0.29) is 6.04 Å². The molecule has 7 heteroatoms. The number of rotatable bonds is 3. The minimum Gasteiger partial charge on any atom is -0.271 e. The number of nitrogens with one attached hydrogen (secondary N) is 1. The topological polar surface area (TPSA) is 68.8 Å². The molecule has 2 rings (SSSR count). The van der Waals surface area contributed by atoms with Gasteiger partial charge in [0.05, 0.1) is 17.9 Å². The molecule has 1 atom stereocenters. The minimum atomic E-state index is -0.304. The van der Waals surface area contributed by atoms with E-state index in [1.807, 2.05) is 0 Å². The summed E-state index contributed by atoms with van der Waals surface area (Å²) >= 11 is 12.1. The maximum atomic E-state index is 6.13. The summed E-state index contributed by atoms with van der Waals surface area (Å²) in [6, 6.07) is 4.92. The number of aryl methyl sites for hydroxylation is 1. The lowest BCUT2D eigenvalue weighted by molar-refractivity contribution is 0.570. The standard InChI is InChI=1S/C10H11Cl2N5/c1-17-9(5-14-16-17)10(15-13)7-4-6(11)2-3-8(7)12/h2-5,10,15H,13H2,1H3. The van der Waals surface area contributed by atoms with Gasteiger partial charge in [-0.3, -0.25) is 10.5 Å². The Hall–Kier alpha value is -1.14. The molecule has 0 amide bonds. The monoisotopic (exact) mass is 271 g/mol. The largest absolute Gasteiger partial charge is 0.271 e. The average Bonchev–Trinajstić information content (AvgIpc) is 2.71. The van der Waals surface area contributed by atoms with Crippen LogP contribution >= 0.6 is 23.2 Å². The fraction of sp³-hybridized carbons (Fsp3) is 0.200. The highest BCUT2D eigenvalue weighted by Crippen LogP contribution is 2.29. The van der Waals surface area contributed by atoms with Crippen LogP contribution in [-0.2, 0) is 7.05 Å². The molecule has 1 unspecified atom stereocenters. The Kier molecular flexibility index (Phi) is 3.63. The van der Waals surface area contributed by atoms with E-state index < -0.39 is 0 Å². The van der Waals surface area contributed by atoms with E-state index in [9.17, 15) is 0 Å². The van der Waals surface area contributed by atoms with Crippen molar-refractivity contribution in [3.05, 3.63) is 45.7 Å². The number of benzene rings is 1. The summed E-state index contributed by atoms with van der Waals surface area (Å²) in [7, 11) is 1.78. The molecule has 90 valence electrons. The van der Waals surface area contributed by atoms with Crippen molar-refractivity contribution in [3.63, 3.8) is 0 Å². The normalized spacial score (nSPS) is 12.7. The second-order valence-corrected chi connectivity index (χ2v) is 4.39. The van der Waals surface area contributed by atoms with Crippen LogP contribution in [0, 0.1) is 0 Å². The number of nitrogens with zero attached hydrogens (tertiary/aromatic N) is 3. The third-order valence-corrected chi connectivity index (χ3v) is 3.06. The van der Waals surface area contributed by atoms with Gasteiger partial charge in [0, 0.05) is 17.1 Å². The smallest absolute Gasteiger partial charge is 0.0909 e. The van der Waals surface area contributed by atoms with Crippen LogP contribution in [0.2, 0.25) is 10.0 Å². The first-order valence-corrected chi connectivity index (χ1v) is 5.64. The molecule has 17 heavy (non-hydrogen) atoms. The maximum Gasteiger partial charge on any atom is 0.0909 e. The van der Waals surface area contributed by atoms with Crippen molar-refractivity contribution >= 4 is 23.2 Å². The summed E-state index contributed by atoms with van der Waals surface area (Å²) in [5.41, 5.74) is 4.27. The third-order valence-electron chi connectivity index (χ3n) is 2.48. The molecule has 0 aliphatic rings. The summed E-state index contributed by atoms with van der Waals surface area (Å²) in [4.78, 5) is 0. The van der Waals surface area contributed by atoms with Gasteiger partial charge in [-0.15, -0.1) is 5.10 Å². The Bertz CT molecular complexity index is 525. The Morgan fingerprint density at radius 1 is 1.41 bits per heavy atom. The first-order valence-electron chi connectivity index (χ1n) is 4.89. The Balaban J connectivity index is 2.49. The van der Waals surface area contributed by atoms with Gasteiger partial charge in [-0.1, -0.05) is 28.4 Å². The van der Waals surface area contributed by atoms with Crippen LogP contribution in [0.25, 0.3) is 0 Å². The van der Waals surface area contributed by atoms with E-state index in [2.05, 4.69) is 15.7 Å². The predicted octanol–water partition coefficient (Wildman–Crippen LogP) is 1.67. The molecule has 5 nitrogen and oxygen atoms in total. The molecule has 0 radical (unpaired) electrons. The maximum absolute atomic E-state index is 6.13. The van der Waals surface area contributed by atoms with E-state index in [4.69, 9.17) is 29.0 Å². The summed E-state index contributed by atoms with van der Waals surface area (Å²) in [5.74, 6) is 5.56. The van der Waals surface area contributed by atoms with Crippen LogP contribution < -0.4 is 11.3 Å². The molecule has 1 aromatic carbocycles. The first kappa shape index (κ1) is 12.3. The molecule has 1 heterocycles. The van der Waals surface area contributed by atoms with Gasteiger partial charge < -0.3 is 0 Å². The van der Waals surface area contributed by atoms with Gasteiger partial charge in [0.25, 0.3) is 0 Å². The summed E-state index contributed by atoms with van der Waals surface area (Å²) in [6.07, 6.45) is 1.63. The van der Waals surface area contributed by atoms with Gasteiger partial charge in [0.15, 0.2) is 0 Å². The number of aromatic nitrogens is 3. The number of nitrogens with two attached hydrogens (primary N) is 1. The fourth-order valence-electron chi connectivity index (χ4n) is 1.63. The van der Waals surface area contributed by atoms with Crippen molar-refractivity contribution < 1.29 is 0 Å². The molecule has 0 spiro atoms. The van der Waals surface area contributed by atoms with Crippen LogP contribution in [-0.4, -0.2) is 15.0 Å². The van der Waals surface area contributed by atoms with Crippen molar-refractivity contribution in [2.45, 2.75) is 6.04 Å². The van der Waals surface area contributed by atoms with E-state index in [0.717, 1.165) is 11.3 Å². The minimum absolute atomic E-state index is 0.304.